The van der Waals surface area contributed by atoms with Crippen LogP contribution in [0, 0.1) is 15.9 Å². The van der Waals surface area contributed by atoms with Crippen molar-refractivity contribution >= 4 is 5.97 Å². The molecule has 0 spiro atoms. The van der Waals surface area contributed by atoms with E-state index in [1.165, 1.54) is 24.3 Å². The molecule has 27 heavy (non-hydrogen) atoms. The largest absolute Gasteiger partial charge is 0.463 e. The molecule has 5 nitrogen and oxygen atoms in total. The fraction of sp³-hybridized carbons (Fsp3) is 0.286. The summed E-state index contributed by atoms with van der Waals surface area (Å²) in [7, 11) is 0. The predicted molar refractivity (Wildman–Crippen MR) is 98.4 cm³/mol. The summed E-state index contributed by atoms with van der Waals surface area (Å²) in [6.07, 6.45) is 2.09. The molecule has 0 N–H and O–H groups in total. The van der Waals surface area contributed by atoms with Crippen molar-refractivity contribution in [3.63, 3.8) is 0 Å². The molecule has 0 bridgehead atoms. The lowest BCUT2D eigenvalue weighted by molar-refractivity contribution is -0.530. The van der Waals surface area contributed by atoms with Crippen molar-refractivity contribution in [3.8, 4) is 0 Å². The Bertz CT molecular complexity index is 848. The van der Waals surface area contributed by atoms with E-state index in [9.17, 15) is 19.3 Å². The summed E-state index contributed by atoms with van der Waals surface area (Å²) in [6.45, 7) is 1.86. The van der Waals surface area contributed by atoms with Gasteiger partial charge in [0.1, 0.15) is 5.82 Å². The van der Waals surface area contributed by atoms with E-state index in [2.05, 4.69) is 0 Å². The molecule has 0 unspecified atom stereocenters. The number of carbonyl (C=O) groups is 1. The zero-order chi connectivity index (χ0) is 19.4. The van der Waals surface area contributed by atoms with Crippen LogP contribution in [0.3, 0.4) is 0 Å². The molecule has 1 aliphatic carbocycles. The van der Waals surface area contributed by atoms with Crippen LogP contribution in [-0.4, -0.2) is 23.5 Å². The van der Waals surface area contributed by atoms with Crippen LogP contribution in [0.25, 0.3) is 0 Å². The van der Waals surface area contributed by atoms with Gasteiger partial charge < -0.3 is 4.74 Å². The normalized spacial score (nSPS) is 22.0. The van der Waals surface area contributed by atoms with Gasteiger partial charge in [-0.05, 0) is 36.6 Å². The number of ether oxygens (including phenoxy) is 1. The average molecular weight is 369 g/mol. The smallest absolute Gasteiger partial charge is 0.334 e. The van der Waals surface area contributed by atoms with Crippen LogP contribution in [-0.2, 0) is 9.53 Å². The summed E-state index contributed by atoms with van der Waals surface area (Å²) in [5.41, 5.74) is 1.63. The maximum Gasteiger partial charge on any atom is 0.334 e. The number of hydrogen-bond acceptors (Lipinski definition) is 4. The number of nitro groups is 1. The molecule has 0 saturated carbocycles. The fourth-order valence-electron chi connectivity index (χ4n) is 3.71. The zero-order valence-corrected chi connectivity index (χ0v) is 14.9. The van der Waals surface area contributed by atoms with Crippen molar-refractivity contribution in [2.24, 2.45) is 0 Å². The Morgan fingerprint density at radius 1 is 1.15 bits per heavy atom. The Labute approximate surface area is 156 Å². The minimum Gasteiger partial charge on any atom is -0.463 e. The molecule has 6 heteroatoms. The Hall–Kier alpha value is -3.02. The second-order valence-corrected chi connectivity index (χ2v) is 6.44. The van der Waals surface area contributed by atoms with Crippen molar-refractivity contribution in [2.75, 3.05) is 6.61 Å². The highest BCUT2D eigenvalue weighted by Gasteiger charge is 2.47. The molecule has 0 amide bonds. The van der Waals surface area contributed by atoms with E-state index in [0.29, 0.717) is 12.0 Å². The third kappa shape index (κ3) is 3.89. The summed E-state index contributed by atoms with van der Waals surface area (Å²) in [5.74, 6) is -2.20. The second-order valence-electron chi connectivity index (χ2n) is 6.44. The molecule has 2 aromatic carbocycles. The van der Waals surface area contributed by atoms with E-state index in [0.717, 1.165) is 5.56 Å². The molecule has 0 aromatic heterocycles. The number of allylic oxidation sites excluding steroid dienone is 1. The molecule has 0 aliphatic heterocycles. The van der Waals surface area contributed by atoms with Gasteiger partial charge in [0.2, 0.25) is 6.04 Å². The number of halogens is 1. The number of nitrogens with zero attached hydrogens (tertiary/aromatic N) is 1. The van der Waals surface area contributed by atoms with Crippen molar-refractivity contribution < 1.29 is 18.8 Å². The van der Waals surface area contributed by atoms with Crippen LogP contribution in [0.15, 0.2) is 66.2 Å². The molecule has 3 atom stereocenters. The van der Waals surface area contributed by atoms with Gasteiger partial charge in [-0.3, -0.25) is 10.1 Å². The SMILES string of the molecule is CCOC(=O)C1=CC[C@@H](c2ccccc2)[C@@H]([N+](=O)[O-])[C@H]1c1ccc(F)cc1. The first kappa shape index (κ1) is 18.8. The minimum atomic E-state index is -1.05. The molecule has 0 heterocycles. The monoisotopic (exact) mass is 369 g/mol. The van der Waals surface area contributed by atoms with Crippen LogP contribution in [0.4, 0.5) is 4.39 Å². The summed E-state index contributed by atoms with van der Waals surface area (Å²) < 4.78 is 18.5. The summed E-state index contributed by atoms with van der Waals surface area (Å²) in [5, 5.41) is 12.1. The molecular weight excluding hydrogens is 349 g/mol. The Morgan fingerprint density at radius 2 is 1.81 bits per heavy atom. The average Bonchev–Trinajstić information content (AvgIpc) is 2.68. The Balaban J connectivity index is 2.12. The van der Waals surface area contributed by atoms with Crippen LogP contribution >= 0.6 is 0 Å². The highest BCUT2D eigenvalue weighted by molar-refractivity contribution is 5.90. The van der Waals surface area contributed by atoms with E-state index in [-0.39, 0.29) is 17.1 Å². The van der Waals surface area contributed by atoms with Crippen molar-refractivity contribution in [3.05, 3.63) is 93.3 Å². The molecule has 0 fully saturated rings. The molecule has 3 rings (SSSR count). The Kier molecular flexibility index (Phi) is 5.64. The van der Waals surface area contributed by atoms with Gasteiger partial charge in [0.25, 0.3) is 0 Å². The summed E-state index contributed by atoms with van der Waals surface area (Å²) in [4.78, 5) is 24.2. The molecule has 140 valence electrons. The van der Waals surface area contributed by atoms with Gasteiger partial charge in [-0.2, -0.15) is 0 Å². The van der Waals surface area contributed by atoms with Crippen molar-refractivity contribution in [1.29, 1.82) is 0 Å². The molecule has 0 saturated heterocycles. The van der Waals surface area contributed by atoms with Gasteiger partial charge in [-0.25, -0.2) is 9.18 Å². The van der Waals surface area contributed by atoms with Crippen molar-refractivity contribution in [2.45, 2.75) is 31.2 Å². The third-order valence-corrected chi connectivity index (χ3v) is 4.89. The molecule has 2 aromatic rings. The topological polar surface area (TPSA) is 69.4 Å². The van der Waals surface area contributed by atoms with E-state index < -0.39 is 29.7 Å². The standard InChI is InChI=1S/C21H20FNO4/c1-2-27-21(24)18-13-12-17(14-6-4-3-5-7-14)20(23(25)26)19(18)15-8-10-16(22)11-9-15/h3-11,13,17,19-20H,2,12H2,1H3/t17-,19-,20+/m0/s1. The molecule has 1 aliphatic rings. The van der Waals surface area contributed by atoms with Crippen LogP contribution < -0.4 is 0 Å². The van der Waals surface area contributed by atoms with E-state index >= 15 is 0 Å². The maximum atomic E-state index is 13.4. The zero-order valence-electron chi connectivity index (χ0n) is 14.9. The summed E-state index contributed by atoms with van der Waals surface area (Å²) in [6, 6.07) is 13.7. The predicted octanol–water partition coefficient (Wildman–Crippen LogP) is 4.23. The highest BCUT2D eigenvalue weighted by Crippen LogP contribution is 2.43. The maximum absolute atomic E-state index is 13.4. The van der Waals surface area contributed by atoms with Gasteiger partial charge in [0.15, 0.2) is 0 Å². The first-order valence-electron chi connectivity index (χ1n) is 8.84. The quantitative estimate of drug-likeness (QED) is 0.449. The second kappa shape index (κ2) is 8.12. The summed E-state index contributed by atoms with van der Waals surface area (Å²) >= 11 is 0. The minimum absolute atomic E-state index is 0.178. The van der Waals surface area contributed by atoms with Crippen LogP contribution in [0.2, 0.25) is 0 Å². The lowest BCUT2D eigenvalue weighted by atomic mass is 9.71. The van der Waals surface area contributed by atoms with Crippen LogP contribution in [0.1, 0.15) is 36.3 Å². The lowest BCUT2D eigenvalue weighted by Gasteiger charge is -2.32. The highest BCUT2D eigenvalue weighted by atomic mass is 19.1. The van der Waals surface area contributed by atoms with Gasteiger partial charge >= 0.3 is 5.97 Å². The number of carbonyl (C=O) groups excluding carboxylic acids is 1. The lowest BCUT2D eigenvalue weighted by Crippen LogP contribution is -2.39. The number of benzene rings is 2. The first-order chi connectivity index (χ1) is 13.0. The van der Waals surface area contributed by atoms with Crippen molar-refractivity contribution in [1.82, 2.24) is 0 Å². The number of rotatable bonds is 5. The molecular formula is C21H20FNO4. The van der Waals surface area contributed by atoms with E-state index in [1.807, 2.05) is 30.3 Å². The van der Waals surface area contributed by atoms with E-state index in [1.54, 1.807) is 13.0 Å². The van der Waals surface area contributed by atoms with Gasteiger partial charge in [0.05, 0.1) is 18.4 Å². The third-order valence-electron chi connectivity index (χ3n) is 4.89. The van der Waals surface area contributed by atoms with Gasteiger partial charge in [-0.1, -0.05) is 48.5 Å². The fourth-order valence-corrected chi connectivity index (χ4v) is 3.71. The van der Waals surface area contributed by atoms with Gasteiger partial charge in [-0.15, -0.1) is 0 Å². The van der Waals surface area contributed by atoms with Gasteiger partial charge in [0, 0.05) is 10.5 Å². The number of hydrogen-bond donors (Lipinski definition) is 0. The number of esters is 1. The van der Waals surface area contributed by atoms with E-state index in [4.69, 9.17) is 4.74 Å². The molecule has 0 radical (unpaired) electrons. The van der Waals surface area contributed by atoms with Crippen LogP contribution in [0.5, 0.6) is 0 Å². The first-order valence-corrected chi connectivity index (χ1v) is 8.84. The Morgan fingerprint density at radius 3 is 2.41 bits per heavy atom.